The molecule has 0 aliphatic heterocycles. The van der Waals surface area contributed by atoms with E-state index in [1.807, 2.05) is 0 Å². The van der Waals surface area contributed by atoms with Gasteiger partial charge in [0, 0.05) is 24.5 Å². The molecule has 2 aromatic rings. The Bertz CT molecular complexity index is 705. The van der Waals surface area contributed by atoms with Crippen molar-refractivity contribution in [3.63, 3.8) is 0 Å². The summed E-state index contributed by atoms with van der Waals surface area (Å²) in [7, 11) is 1.27. The van der Waals surface area contributed by atoms with E-state index in [1.165, 1.54) is 7.11 Å². The molecule has 2 rings (SSSR count). The SMILES string of the molecule is COC(=O)[C@@H](Cc1cnc2ncccn12)NC(=O)OC(C)(C)C. The normalized spacial score (nSPS) is 12.7. The first-order valence-electron chi connectivity index (χ1n) is 7.14. The van der Waals surface area contributed by atoms with Crippen molar-refractivity contribution < 1.29 is 19.1 Å². The van der Waals surface area contributed by atoms with Crippen LogP contribution >= 0.6 is 0 Å². The third kappa shape index (κ3) is 4.41. The van der Waals surface area contributed by atoms with E-state index in [9.17, 15) is 9.59 Å². The van der Waals surface area contributed by atoms with Crippen LogP contribution in [-0.2, 0) is 20.7 Å². The summed E-state index contributed by atoms with van der Waals surface area (Å²) in [4.78, 5) is 32.1. The molecule has 0 fully saturated rings. The highest BCUT2D eigenvalue weighted by atomic mass is 16.6. The van der Waals surface area contributed by atoms with Crippen molar-refractivity contribution in [2.24, 2.45) is 0 Å². The number of carbonyl (C=O) groups excluding carboxylic acids is 2. The Kier molecular flexibility index (Phi) is 4.83. The molecule has 8 heteroatoms. The van der Waals surface area contributed by atoms with Gasteiger partial charge in [-0.15, -0.1) is 0 Å². The van der Waals surface area contributed by atoms with Crippen LogP contribution in [0, 0.1) is 0 Å². The monoisotopic (exact) mass is 320 g/mol. The summed E-state index contributed by atoms with van der Waals surface area (Å²) in [6.07, 6.45) is 4.54. The molecule has 23 heavy (non-hydrogen) atoms. The van der Waals surface area contributed by atoms with Crippen LogP contribution in [0.5, 0.6) is 0 Å². The van der Waals surface area contributed by atoms with Crippen molar-refractivity contribution in [3.05, 3.63) is 30.4 Å². The Morgan fingerprint density at radius 3 is 2.74 bits per heavy atom. The maximum absolute atomic E-state index is 11.9. The van der Waals surface area contributed by atoms with Crippen molar-refractivity contribution in [1.82, 2.24) is 19.7 Å². The quantitative estimate of drug-likeness (QED) is 0.854. The number of alkyl carbamates (subject to hydrolysis) is 1. The fraction of sp³-hybridized carbons (Fsp3) is 0.467. The number of esters is 1. The van der Waals surface area contributed by atoms with Crippen molar-refractivity contribution in [1.29, 1.82) is 0 Å². The standard InChI is InChI=1S/C15H20N4O4/c1-15(2,3)23-14(21)18-11(12(20)22-4)8-10-9-17-13-16-6-5-7-19(10)13/h5-7,9,11H,8H2,1-4H3,(H,18,21)/t11-/m1/s1. The largest absolute Gasteiger partial charge is 0.467 e. The van der Waals surface area contributed by atoms with Gasteiger partial charge in [0.2, 0.25) is 5.78 Å². The van der Waals surface area contributed by atoms with Crippen LogP contribution in [0.4, 0.5) is 4.79 Å². The maximum Gasteiger partial charge on any atom is 0.408 e. The molecule has 0 saturated heterocycles. The smallest absolute Gasteiger partial charge is 0.408 e. The molecule has 0 aliphatic rings. The predicted octanol–water partition coefficient (Wildman–Crippen LogP) is 1.34. The summed E-state index contributed by atoms with van der Waals surface area (Å²) in [6, 6.07) is 0.877. The number of amides is 1. The lowest BCUT2D eigenvalue weighted by molar-refractivity contribution is -0.143. The Morgan fingerprint density at radius 2 is 2.09 bits per heavy atom. The number of methoxy groups -OCH3 is 1. The molecule has 2 aromatic heterocycles. The molecule has 0 saturated carbocycles. The molecule has 0 unspecified atom stereocenters. The number of rotatable bonds is 4. The number of fused-ring (bicyclic) bond motifs is 1. The summed E-state index contributed by atoms with van der Waals surface area (Å²) in [5.74, 6) is -0.0434. The molecular weight excluding hydrogens is 300 g/mol. The lowest BCUT2D eigenvalue weighted by atomic mass is 10.1. The molecule has 0 spiro atoms. The van der Waals surface area contributed by atoms with Gasteiger partial charge in [0.05, 0.1) is 13.3 Å². The van der Waals surface area contributed by atoms with Crippen molar-refractivity contribution in [2.45, 2.75) is 38.8 Å². The van der Waals surface area contributed by atoms with E-state index in [4.69, 9.17) is 9.47 Å². The minimum atomic E-state index is -0.880. The average molecular weight is 320 g/mol. The van der Waals surface area contributed by atoms with E-state index < -0.39 is 23.7 Å². The molecule has 0 aromatic carbocycles. The number of carbonyl (C=O) groups is 2. The zero-order chi connectivity index (χ0) is 17.0. The van der Waals surface area contributed by atoms with E-state index in [1.54, 1.807) is 49.8 Å². The minimum absolute atomic E-state index is 0.207. The fourth-order valence-electron chi connectivity index (χ4n) is 2.02. The van der Waals surface area contributed by atoms with Gasteiger partial charge in [-0.05, 0) is 26.8 Å². The average Bonchev–Trinajstić information content (AvgIpc) is 2.87. The fourth-order valence-corrected chi connectivity index (χ4v) is 2.02. The molecule has 1 atom stereocenters. The number of imidazole rings is 1. The zero-order valence-electron chi connectivity index (χ0n) is 13.6. The maximum atomic E-state index is 11.9. The minimum Gasteiger partial charge on any atom is -0.467 e. The van der Waals surface area contributed by atoms with Gasteiger partial charge in [-0.1, -0.05) is 0 Å². The lowest BCUT2D eigenvalue weighted by Gasteiger charge is -2.22. The van der Waals surface area contributed by atoms with Crippen LogP contribution in [0.1, 0.15) is 26.5 Å². The predicted molar refractivity (Wildman–Crippen MR) is 81.9 cm³/mol. The van der Waals surface area contributed by atoms with Crippen LogP contribution in [0.2, 0.25) is 0 Å². The van der Waals surface area contributed by atoms with Crippen molar-refractivity contribution >= 4 is 17.8 Å². The second-order valence-electron chi connectivity index (χ2n) is 5.97. The van der Waals surface area contributed by atoms with E-state index >= 15 is 0 Å². The van der Waals surface area contributed by atoms with E-state index in [-0.39, 0.29) is 6.42 Å². The van der Waals surface area contributed by atoms with Gasteiger partial charge in [0.15, 0.2) is 0 Å². The molecule has 2 heterocycles. The molecule has 0 aliphatic carbocycles. The summed E-state index contributed by atoms with van der Waals surface area (Å²) in [6.45, 7) is 5.24. The molecule has 124 valence electrons. The van der Waals surface area contributed by atoms with E-state index in [2.05, 4.69) is 15.3 Å². The third-order valence-electron chi connectivity index (χ3n) is 2.96. The van der Waals surface area contributed by atoms with Gasteiger partial charge < -0.3 is 14.8 Å². The Balaban J connectivity index is 2.16. The number of aromatic nitrogens is 3. The second kappa shape index (κ2) is 6.64. The first-order chi connectivity index (χ1) is 10.8. The third-order valence-corrected chi connectivity index (χ3v) is 2.96. The zero-order valence-corrected chi connectivity index (χ0v) is 13.6. The van der Waals surface area contributed by atoms with Crippen LogP contribution in [0.25, 0.3) is 5.78 Å². The summed E-state index contributed by atoms with van der Waals surface area (Å²) < 4.78 is 11.7. The Labute approximate surface area is 133 Å². The van der Waals surface area contributed by atoms with Gasteiger partial charge in [0.25, 0.3) is 0 Å². The topological polar surface area (TPSA) is 94.8 Å². The van der Waals surface area contributed by atoms with E-state index in [0.717, 1.165) is 5.69 Å². The van der Waals surface area contributed by atoms with Crippen LogP contribution in [0.15, 0.2) is 24.7 Å². The number of nitrogens with zero attached hydrogens (tertiary/aromatic N) is 3. The Morgan fingerprint density at radius 1 is 1.35 bits per heavy atom. The second-order valence-corrected chi connectivity index (χ2v) is 5.97. The van der Waals surface area contributed by atoms with E-state index in [0.29, 0.717) is 5.78 Å². The van der Waals surface area contributed by atoms with Crippen LogP contribution < -0.4 is 5.32 Å². The number of ether oxygens (including phenoxy) is 2. The van der Waals surface area contributed by atoms with Crippen LogP contribution in [0.3, 0.4) is 0 Å². The molecular formula is C15H20N4O4. The summed E-state index contributed by atoms with van der Waals surface area (Å²) in [5.41, 5.74) is 0.0670. The van der Waals surface area contributed by atoms with Crippen LogP contribution in [-0.4, -0.2) is 45.2 Å². The number of hydrogen-bond acceptors (Lipinski definition) is 6. The molecule has 1 N–H and O–H groups in total. The van der Waals surface area contributed by atoms with Gasteiger partial charge >= 0.3 is 12.1 Å². The summed E-state index contributed by atoms with van der Waals surface area (Å²) in [5, 5.41) is 2.53. The molecule has 0 bridgehead atoms. The molecule has 0 radical (unpaired) electrons. The number of hydrogen-bond donors (Lipinski definition) is 1. The highest BCUT2D eigenvalue weighted by Crippen LogP contribution is 2.10. The lowest BCUT2D eigenvalue weighted by Crippen LogP contribution is -2.45. The highest BCUT2D eigenvalue weighted by Gasteiger charge is 2.26. The first kappa shape index (κ1) is 16.7. The van der Waals surface area contributed by atoms with Gasteiger partial charge in [-0.25, -0.2) is 19.6 Å². The summed E-state index contributed by atoms with van der Waals surface area (Å²) >= 11 is 0. The first-order valence-corrected chi connectivity index (χ1v) is 7.14. The van der Waals surface area contributed by atoms with Crippen molar-refractivity contribution in [3.8, 4) is 0 Å². The Hall–Kier alpha value is -2.64. The van der Waals surface area contributed by atoms with Gasteiger partial charge in [-0.3, -0.25) is 4.40 Å². The van der Waals surface area contributed by atoms with Gasteiger partial charge in [-0.2, -0.15) is 0 Å². The number of nitrogens with one attached hydrogen (secondary N) is 1. The highest BCUT2D eigenvalue weighted by molar-refractivity contribution is 5.81. The van der Waals surface area contributed by atoms with Gasteiger partial charge in [0.1, 0.15) is 11.6 Å². The molecule has 8 nitrogen and oxygen atoms in total. The molecule has 1 amide bonds. The van der Waals surface area contributed by atoms with Crippen molar-refractivity contribution in [2.75, 3.05) is 7.11 Å².